The summed E-state index contributed by atoms with van der Waals surface area (Å²) in [4.78, 5) is 28.9. The Morgan fingerprint density at radius 2 is 1.97 bits per heavy atom. The molecule has 0 spiro atoms. The Morgan fingerprint density at radius 3 is 2.59 bits per heavy atom. The number of thiophene rings is 1. The number of methoxy groups -OCH3 is 1. The van der Waals surface area contributed by atoms with Gasteiger partial charge in [-0.15, -0.1) is 11.3 Å². The Bertz CT molecular complexity index is 789. The fourth-order valence-corrected chi connectivity index (χ4v) is 4.42. The zero-order valence-electron chi connectivity index (χ0n) is 16.6. The Hall–Kier alpha value is -2.25. The Balaban J connectivity index is 1.88. The van der Waals surface area contributed by atoms with E-state index in [-0.39, 0.29) is 36.6 Å². The lowest BCUT2D eigenvalue weighted by atomic mass is 10.0. The Labute approximate surface area is 174 Å². The SMILES string of the molecule is COCCN(C(=O)Cc1cccs1)C(C(=O)NC1CCCC1)c1ccc(F)cc1. The number of rotatable bonds is 9. The number of carbonyl (C=O) groups excluding carboxylic acids is 2. The smallest absolute Gasteiger partial charge is 0.247 e. The van der Waals surface area contributed by atoms with E-state index < -0.39 is 6.04 Å². The second kappa shape index (κ2) is 10.5. The van der Waals surface area contributed by atoms with E-state index in [0.29, 0.717) is 12.2 Å². The van der Waals surface area contributed by atoms with Gasteiger partial charge in [-0.2, -0.15) is 0 Å². The highest BCUT2D eigenvalue weighted by Gasteiger charge is 2.33. The molecule has 1 aromatic heterocycles. The molecular formula is C22H27FN2O3S. The maximum Gasteiger partial charge on any atom is 0.247 e. The number of nitrogens with zero attached hydrogens (tertiary/aromatic N) is 1. The summed E-state index contributed by atoms with van der Waals surface area (Å²) in [6.45, 7) is 0.589. The first-order chi connectivity index (χ1) is 14.1. The third-order valence-electron chi connectivity index (χ3n) is 5.21. The van der Waals surface area contributed by atoms with E-state index in [1.165, 1.54) is 23.5 Å². The highest BCUT2D eigenvalue weighted by Crippen LogP contribution is 2.25. The minimum Gasteiger partial charge on any atom is -0.383 e. The van der Waals surface area contributed by atoms with Crippen molar-refractivity contribution in [2.24, 2.45) is 0 Å². The molecule has 1 aromatic carbocycles. The van der Waals surface area contributed by atoms with Crippen molar-refractivity contribution in [3.05, 3.63) is 58.0 Å². The van der Waals surface area contributed by atoms with Crippen LogP contribution in [-0.4, -0.2) is 43.0 Å². The van der Waals surface area contributed by atoms with E-state index in [1.807, 2.05) is 17.5 Å². The summed E-state index contributed by atoms with van der Waals surface area (Å²) in [5.74, 6) is -0.753. The largest absolute Gasteiger partial charge is 0.383 e. The van der Waals surface area contributed by atoms with Crippen LogP contribution in [0.2, 0.25) is 0 Å². The maximum absolute atomic E-state index is 13.5. The van der Waals surface area contributed by atoms with Gasteiger partial charge >= 0.3 is 0 Å². The second-order valence-electron chi connectivity index (χ2n) is 7.28. The average Bonchev–Trinajstić information content (AvgIpc) is 3.40. The van der Waals surface area contributed by atoms with Crippen molar-refractivity contribution >= 4 is 23.2 Å². The Kier molecular flexibility index (Phi) is 7.77. The van der Waals surface area contributed by atoms with Crippen molar-refractivity contribution in [2.45, 2.75) is 44.2 Å². The molecule has 29 heavy (non-hydrogen) atoms. The number of ether oxygens (including phenoxy) is 1. The van der Waals surface area contributed by atoms with Gasteiger partial charge < -0.3 is 15.0 Å². The van der Waals surface area contributed by atoms with E-state index >= 15 is 0 Å². The molecule has 0 aliphatic heterocycles. The second-order valence-corrected chi connectivity index (χ2v) is 8.31. The molecule has 1 atom stereocenters. The predicted octanol–water partition coefficient (Wildman–Crippen LogP) is 3.70. The molecule has 2 amide bonds. The monoisotopic (exact) mass is 418 g/mol. The minimum atomic E-state index is -0.821. The van der Waals surface area contributed by atoms with Gasteiger partial charge in [0, 0.05) is 24.6 Å². The predicted molar refractivity (Wildman–Crippen MR) is 111 cm³/mol. The van der Waals surface area contributed by atoms with E-state index in [0.717, 1.165) is 30.6 Å². The lowest BCUT2D eigenvalue weighted by molar-refractivity contribution is -0.141. The summed E-state index contributed by atoms with van der Waals surface area (Å²) in [6.07, 6.45) is 4.30. The van der Waals surface area contributed by atoms with E-state index in [9.17, 15) is 14.0 Å². The number of hydrogen-bond acceptors (Lipinski definition) is 4. The van der Waals surface area contributed by atoms with E-state index in [1.54, 1.807) is 24.1 Å². The fraction of sp³-hybridized carbons (Fsp3) is 0.455. The molecule has 156 valence electrons. The molecule has 1 unspecified atom stereocenters. The summed E-state index contributed by atoms with van der Waals surface area (Å²) < 4.78 is 18.7. The molecule has 2 aromatic rings. The minimum absolute atomic E-state index is 0.127. The molecule has 0 saturated heterocycles. The molecule has 1 N–H and O–H groups in total. The van der Waals surface area contributed by atoms with Crippen molar-refractivity contribution < 1.29 is 18.7 Å². The molecule has 3 rings (SSSR count). The normalized spacial score (nSPS) is 15.2. The molecule has 0 radical (unpaired) electrons. The molecule has 1 aliphatic carbocycles. The third kappa shape index (κ3) is 5.87. The number of benzene rings is 1. The van der Waals surface area contributed by atoms with Crippen LogP contribution in [-0.2, 0) is 20.7 Å². The van der Waals surface area contributed by atoms with Gasteiger partial charge in [0.1, 0.15) is 11.9 Å². The van der Waals surface area contributed by atoms with Crippen LogP contribution in [0.1, 0.15) is 42.2 Å². The van der Waals surface area contributed by atoms with Crippen LogP contribution >= 0.6 is 11.3 Å². The van der Waals surface area contributed by atoms with Crippen LogP contribution in [0.25, 0.3) is 0 Å². The number of carbonyl (C=O) groups is 2. The molecule has 0 bridgehead atoms. The maximum atomic E-state index is 13.5. The van der Waals surface area contributed by atoms with Crippen LogP contribution < -0.4 is 5.32 Å². The van der Waals surface area contributed by atoms with E-state index in [4.69, 9.17) is 4.74 Å². The fourth-order valence-electron chi connectivity index (χ4n) is 3.72. The molecular weight excluding hydrogens is 391 g/mol. The number of amides is 2. The first-order valence-electron chi connectivity index (χ1n) is 9.95. The lowest BCUT2D eigenvalue weighted by Crippen LogP contribution is -2.47. The zero-order chi connectivity index (χ0) is 20.6. The van der Waals surface area contributed by atoms with E-state index in [2.05, 4.69) is 5.32 Å². The Morgan fingerprint density at radius 1 is 1.24 bits per heavy atom. The van der Waals surface area contributed by atoms with Crippen molar-refractivity contribution in [3.8, 4) is 0 Å². The summed E-state index contributed by atoms with van der Waals surface area (Å²) in [5, 5.41) is 5.02. The number of hydrogen-bond donors (Lipinski definition) is 1. The quantitative estimate of drug-likeness (QED) is 0.676. The van der Waals surface area contributed by atoms with Crippen LogP contribution in [0.15, 0.2) is 41.8 Å². The first-order valence-corrected chi connectivity index (χ1v) is 10.8. The molecule has 1 heterocycles. The van der Waals surface area contributed by atoms with Gasteiger partial charge in [-0.3, -0.25) is 9.59 Å². The van der Waals surface area contributed by atoms with Gasteiger partial charge in [-0.25, -0.2) is 4.39 Å². The van der Waals surface area contributed by atoms with Crippen molar-refractivity contribution in [1.29, 1.82) is 0 Å². The average molecular weight is 419 g/mol. The van der Waals surface area contributed by atoms with Gasteiger partial charge in [-0.05, 0) is 42.0 Å². The number of halogens is 1. The molecule has 5 nitrogen and oxygen atoms in total. The lowest BCUT2D eigenvalue weighted by Gasteiger charge is -2.32. The number of nitrogens with one attached hydrogen (secondary N) is 1. The summed E-state index contributed by atoms with van der Waals surface area (Å²) in [6, 6.07) is 8.91. The van der Waals surface area contributed by atoms with Crippen molar-refractivity contribution in [2.75, 3.05) is 20.3 Å². The topological polar surface area (TPSA) is 58.6 Å². The zero-order valence-corrected chi connectivity index (χ0v) is 17.4. The van der Waals surface area contributed by atoms with Crippen molar-refractivity contribution in [3.63, 3.8) is 0 Å². The summed E-state index contributed by atoms with van der Waals surface area (Å²) in [7, 11) is 1.56. The highest BCUT2D eigenvalue weighted by molar-refractivity contribution is 7.10. The van der Waals surface area contributed by atoms with Crippen molar-refractivity contribution in [1.82, 2.24) is 10.2 Å². The van der Waals surface area contributed by atoms with Gasteiger partial charge in [0.15, 0.2) is 0 Å². The summed E-state index contributed by atoms with van der Waals surface area (Å²) >= 11 is 1.51. The molecule has 1 fully saturated rings. The standard InChI is InChI=1S/C22H27FN2O3S/c1-28-13-12-25(20(26)15-19-7-4-14-29-19)21(16-8-10-17(23)11-9-16)22(27)24-18-5-2-3-6-18/h4,7-11,14,18,21H,2-3,5-6,12-13,15H2,1H3,(H,24,27). The first kappa shape index (κ1) is 21.5. The van der Waals surface area contributed by atoms with Gasteiger partial charge in [0.25, 0.3) is 0 Å². The van der Waals surface area contributed by atoms with Gasteiger partial charge in [0.2, 0.25) is 11.8 Å². The van der Waals surface area contributed by atoms with Crippen LogP contribution in [0.5, 0.6) is 0 Å². The third-order valence-corrected chi connectivity index (χ3v) is 6.09. The van der Waals surface area contributed by atoms with Crippen LogP contribution in [0.4, 0.5) is 4.39 Å². The van der Waals surface area contributed by atoms with Gasteiger partial charge in [-0.1, -0.05) is 31.0 Å². The van der Waals surface area contributed by atoms with Crippen LogP contribution in [0, 0.1) is 5.82 Å². The molecule has 7 heteroatoms. The van der Waals surface area contributed by atoms with Gasteiger partial charge in [0.05, 0.1) is 13.0 Å². The van der Waals surface area contributed by atoms with Crippen LogP contribution in [0.3, 0.4) is 0 Å². The highest BCUT2D eigenvalue weighted by atomic mass is 32.1. The molecule has 1 aliphatic rings. The molecule has 1 saturated carbocycles. The summed E-state index contributed by atoms with van der Waals surface area (Å²) in [5.41, 5.74) is 0.595.